The van der Waals surface area contributed by atoms with Crippen LogP contribution in [0.5, 0.6) is 5.75 Å². The van der Waals surface area contributed by atoms with Crippen molar-refractivity contribution in [2.45, 2.75) is 19.9 Å². The summed E-state index contributed by atoms with van der Waals surface area (Å²) in [6.45, 7) is 3.05. The molecule has 0 saturated heterocycles. The number of rotatable bonds is 4. The first-order chi connectivity index (χ1) is 12.5. The van der Waals surface area contributed by atoms with E-state index in [9.17, 15) is 9.59 Å². The molecule has 6 nitrogen and oxygen atoms in total. The second-order valence-electron chi connectivity index (χ2n) is 6.27. The maximum atomic E-state index is 12.1. The van der Waals surface area contributed by atoms with Crippen LogP contribution in [0.4, 0.5) is 10.5 Å². The molecule has 0 atom stereocenters. The number of ether oxygens (including phenoxy) is 2. The summed E-state index contributed by atoms with van der Waals surface area (Å²) >= 11 is 0. The third-order valence-electron chi connectivity index (χ3n) is 4.33. The lowest BCUT2D eigenvalue weighted by Crippen LogP contribution is -2.35. The van der Waals surface area contributed by atoms with Gasteiger partial charge in [-0.2, -0.15) is 0 Å². The van der Waals surface area contributed by atoms with E-state index in [1.165, 1.54) is 12.7 Å². The van der Waals surface area contributed by atoms with Crippen molar-refractivity contribution in [2.75, 3.05) is 25.6 Å². The monoisotopic (exact) mass is 354 g/mol. The van der Waals surface area contributed by atoms with Gasteiger partial charge in [0.2, 0.25) is 0 Å². The second kappa shape index (κ2) is 7.91. The molecule has 136 valence electrons. The summed E-state index contributed by atoms with van der Waals surface area (Å²) in [4.78, 5) is 25.5. The normalized spacial score (nSPS) is 12.9. The van der Waals surface area contributed by atoms with Crippen molar-refractivity contribution in [1.82, 2.24) is 4.90 Å². The van der Waals surface area contributed by atoms with Gasteiger partial charge in [0.25, 0.3) is 5.91 Å². The molecular weight excluding hydrogens is 332 g/mol. The van der Waals surface area contributed by atoms with Crippen LogP contribution in [-0.4, -0.2) is 37.2 Å². The minimum absolute atomic E-state index is 0.0611. The zero-order valence-electron chi connectivity index (χ0n) is 15.0. The maximum absolute atomic E-state index is 12.1. The van der Waals surface area contributed by atoms with E-state index in [2.05, 4.69) is 5.32 Å². The highest BCUT2D eigenvalue weighted by Crippen LogP contribution is 2.23. The number of fused-ring (bicyclic) bond motifs is 1. The van der Waals surface area contributed by atoms with Crippen LogP contribution in [0, 0.1) is 6.92 Å². The topological polar surface area (TPSA) is 67.9 Å². The molecule has 0 unspecified atom stereocenters. The molecule has 0 fully saturated rings. The Morgan fingerprint density at radius 1 is 1.12 bits per heavy atom. The van der Waals surface area contributed by atoms with Crippen LogP contribution in [0.15, 0.2) is 42.5 Å². The van der Waals surface area contributed by atoms with Gasteiger partial charge in [0.1, 0.15) is 5.75 Å². The summed E-state index contributed by atoms with van der Waals surface area (Å²) in [5, 5.41) is 2.83. The van der Waals surface area contributed by atoms with Crippen molar-refractivity contribution in [3.63, 3.8) is 0 Å². The minimum atomic E-state index is -0.336. The van der Waals surface area contributed by atoms with E-state index in [1.54, 1.807) is 4.90 Å². The number of hydrogen-bond acceptors (Lipinski definition) is 4. The molecule has 26 heavy (non-hydrogen) atoms. The van der Waals surface area contributed by atoms with E-state index in [4.69, 9.17) is 9.47 Å². The summed E-state index contributed by atoms with van der Waals surface area (Å²) < 4.78 is 10.3. The number of nitrogens with one attached hydrogen (secondary N) is 1. The number of aryl methyl sites for hydroxylation is 1. The fourth-order valence-corrected chi connectivity index (χ4v) is 2.90. The van der Waals surface area contributed by atoms with Crippen LogP contribution >= 0.6 is 0 Å². The maximum Gasteiger partial charge on any atom is 0.409 e. The molecule has 1 aliphatic heterocycles. The number of carbonyl (C=O) groups is 2. The average molecular weight is 354 g/mol. The Labute approximate surface area is 152 Å². The molecule has 0 radical (unpaired) electrons. The average Bonchev–Trinajstić information content (AvgIpc) is 2.66. The number of nitrogens with zero attached hydrogens (tertiary/aromatic N) is 1. The van der Waals surface area contributed by atoms with Gasteiger partial charge < -0.3 is 19.7 Å². The summed E-state index contributed by atoms with van der Waals surface area (Å²) in [5.74, 6) is 0.427. The molecule has 3 rings (SSSR count). The zero-order valence-corrected chi connectivity index (χ0v) is 15.0. The van der Waals surface area contributed by atoms with Gasteiger partial charge in [-0.25, -0.2) is 4.79 Å². The predicted molar refractivity (Wildman–Crippen MR) is 98.3 cm³/mol. The lowest BCUT2D eigenvalue weighted by molar-refractivity contribution is -0.118. The Morgan fingerprint density at radius 3 is 2.62 bits per heavy atom. The Bertz CT molecular complexity index is 802. The third kappa shape index (κ3) is 4.33. The number of hydrogen-bond donors (Lipinski definition) is 1. The molecule has 2 aromatic rings. The van der Waals surface area contributed by atoms with E-state index in [-0.39, 0.29) is 18.6 Å². The van der Waals surface area contributed by atoms with Crippen LogP contribution in [0.3, 0.4) is 0 Å². The first kappa shape index (κ1) is 17.8. The Morgan fingerprint density at radius 2 is 1.88 bits per heavy atom. The molecule has 2 aromatic carbocycles. The van der Waals surface area contributed by atoms with Gasteiger partial charge in [0, 0.05) is 18.8 Å². The minimum Gasteiger partial charge on any atom is -0.484 e. The van der Waals surface area contributed by atoms with Crippen molar-refractivity contribution in [3.8, 4) is 5.75 Å². The number of benzene rings is 2. The molecule has 0 bridgehead atoms. The smallest absolute Gasteiger partial charge is 0.409 e. The summed E-state index contributed by atoms with van der Waals surface area (Å²) in [6, 6.07) is 13.3. The lowest BCUT2D eigenvalue weighted by Gasteiger charge is -2.28. The van der Waals surface area contributed by atoms with Gasteiger partial charge >= 0.3 is 6.09 Å². The van der Waals surface area contributed by atoms with Gasteiger partial charge in [-0.05, 0) is 48.7 Å². The van der Waals surface area contributed by atoms with Gasteiger partial charge in [0.05, 0.1) is 7.11 Å². The van der Waals surface area contributed by atoms with Crippen molar-refractivity contribution in [1.29, 1.82) is 0 Å². The molecule has 1 heterocycles. The lowest BCUT2D eigenvalue weighted by atomic mass is 9.99. The molecule has 2 amide bonds. The summed E-state index contributed by atoms with van der Waals surface area (Å²) in [6.07, 6.45) is 0.437. The molecule has 1 N–H and O–H groups in total. The first-order valence-corrected chi connectivity index (χ1v) is 8.49. The van der Waals surface area contributed by atoms with Crippen molar-refractivity contribution >= 4 is 17.7 Å². The highest BCUT2D eigenvalue weighted by Gasteiger charge is 2.21. The molecule has 0 aliphatic carbocycles. The number of amides is 2. The number of carbonyl (C=O) groups excluding carboxylic acids is 2. The quantitative estimate of drug-likeness (QED) is 0.916. The van der Waals surface area contributed by atoms with E-state index in [0.717, 1.165) is 17.5 Å². The van der Waals surface area contributed by atoms with Crippen molar-refractivity contribution in [2.24, 2.45) is 0 Å². The van der Waals surface area contributed by atoms with Crippen LogP contribution in [0.2, 0.25) is 0 Å². The molecule has 0 spiro atoms. The highest BCUT2D eigenvalue weighted by atomic mass is 16.5. The highest BCUT2D eigenvalue weighted by molar-refractivity contribution is 5.92. The molecule has 0 saturated carbocycles. The first-order valence-electron chi connectivity index (χ1n) is 8.49. The van der Waals surface area contributed by atoms with Gasteiger partial charge in [-0.3, -0.25) is 4.79 Å². The third-order valence-corrected chi connectivity index (χ3v) is 4.33. The Hall–Kier alpha value is -3.02. The van der Waals surface area contributed by atoms with E-state index >= 15 is 0 Å². The van der Waals surface area contributed by atoms with Crippen molar-refractivity contribution < 1.29 is 19.1 Å². The van der Waals surface area contributed by atoms with Gasteiger partial charge in [-0.15, -0.1) is 0 Å². The van der Waals surface area contributed by atoms with E-state index < -0.39 is 0 Å². The van der Waals surface area contributed by atoms with Gasteiger partial charge in [-0.1, -0.05) is 23.8 Å². The van der Waals surface area contributed by atoms with Crippen LogP contribution in [-0.2, 0) is 22.5 Å². The second-order valence-corrected chi connectivity index (χ2v) is 6.27. The van der Waals surface area contributed by atoms with Crippen LogP contribution in [0.1, 0.15) is 16.7 Å². The van der Waals surface area contributed by atoms with Gasteiger partial charge in [0.15, 0.2) is 6.61 Å². The number of anilines is 1. The zero-order chi connectivity index (χ0) is 18.5. The number of methoxy groups -OCH3 is 1. The van der Waals surface area contributed by atoms with Crippen molar-refractivity contribution in [3.05, 3.63) is 59.2 Å². The summed E-state index contributed by atoms with van der Waals surface area (Å²) in [5.41, 5.74) is 4.02. The van der Waals surface area contributed by atoms with E-state index in [1.807, 2.05) is 49.4 Å². The van der Waals surface area contributed by atoms with Crippen LogP contribution in [0.25, 0.3) is 0 Å². The fourth-order valence-electron chi connectivity index (χ4n) is 2.90. The SMILES string of the molecule is COC(=O)N1CCc2ccc(NC(=O)COc3ccc(C)cc3)cc2C1. The molecule has 6 heteroatoms. The molecule has 1 aliphatic rings. The standard InChI is InChI=1S/C20H22N2O4/c1-14-3-7-18(8-4-14)26-13-19(23)21-17-6-5-15-9-10-22(20(24)25-2)12-16(15)11-17/h3-8,11H,9-10,12-13H2,1-2H3,(H,21,23). The predicted octanol–water partition coefficient (Wildman–Crippen LogP) is 3.14. The molecular formula is C20H22N2O4. The Kier molecular flexibility index (Phi) is 5.41. The fraction of sp³-hybridized carbons (Fsp3) is 0.300. The van der Waals surface area contributed by atoms with E-state index in [0.29, 0.717) is 24.5 Å². The molecule has 0 aromatic heterocycles. The Balaban J connectivity index is 1.59. The van der Waals surface area contributed by atoms with Crippen LogP contribution < -0.4 is 10.1 Å². The summed E-state index contributed by atoms with van der Waals surface area (Å²) in [7, 11) is 1.38. The largest absolute Gasteiger partial charge is 0.484 e.